The second-order valence-electron chi connectivity index (χ2n) is 12.8. The SMILES string of the molecule is c1ccc(-c2cccc(-c3cccc(-c4ccc5sc6nc7ccc(-n8c9ccccc9c9c%10ccccc%10oc98)cc7n6c5c4)c3)c2)cc1. The van der Waals surface area contributed by atoms with Crippen molar-refractivity contribution in [3.8, 4) is 39.1 Å². The maximum absolute atomic E-state index is 6.54. The van der Waals surface area contributed by atoms with Crippen LogP contribution in [0.4, 0.5) is 0 Å². The number of benzene rings is 7. The van der Waals surface area contributed by atoms with Gasteiger partial charge in [0.2, 0.25) is 5.71 Å². The molecule has 0 radical (unpaired) electrons. The van der Waals surface area contributed by atoms with Gasteiger partial charge in [0.15, 0.2) is 4.96 Å². The number of thiazole rings is 1. The first-order valence-electron chi connectivity index (χ1n) is 16.8. The first-order chi connectivity index (χ1) is 24.8. The molecule has 0 amide bonds. The first-order valence-corrected chi connectivity index (χ1v) is 17.6. The molecule has 0 atom stereocenters. The molecule has 11 rings (SSSR count). The molecule has 4 nitrogen and oxygen atoms in total. The van der Waals surface area contributed by atoms with Crippen LogP contribution in [0.2, 0.25) is 0 Å². The van der Waals surface area contributed by atoms with Crippen LogP contribution in [0, 0.1) is 0 Å². The minimum Gasteiger partial charge on any atom is -0.439 e. The molecule has 4 aromatic heterocycles. The largest absolute Gasteiger partial charge is 0.439 e. The van der Waals surface area contributed by atoms with E-state index in [9.17, 15) is 0 Å². The maximum atomic E-state index is 6.54. The lowest BCUT2D eigenvalue weighted by Gasteiger charge is -2.09. The molecule has 5 heteroatoms. The van der Waals surface area contributed by atoms with E-state index in [1.807, 2.05) is 12.1 Å². The first kappa shape index (κ1) is 27.5. The molecule has 0 fully saturated rings. The fourth-order valence-corrected chi connectivity index (χ4v) is 8.64. The Morgan fingerprint density at radius 2 is 1.14 bits per heavy atom. The minimum atomic E-state index is 0.860. The number of imidazole rings is 1. The van der Waals surface area contributed by atoms with Crippen LogP contribution in [-0.2, 0) is 0 Å². The molecule has 4 heterocycles. The van der Waals surface area contributed by atoms with Gasteiger partial charge in [-0.3, -0.25) is 8.97 Å². The topological polar surface area (TPSA) is 35.4 Å². The quantitative estimate of drug-likeness (QED) is 0.189. The molecule has 50 heavy (non-hydrogen) atoms. The Bertz CT molecular complexity index is 3100. The Morgan fingerprint density at radius 3 is 1.94 bits per heavy atom. The Morgan fingerprint density at radius 1 is 0.480 bits per heavy atom. The highest BCUT2D eigenvalue weighted by molar-refractivity contribution is 7.23. The van der Waals surface area contributed by atoms with Crippen LogP contribution in [0.5, 0.6) is 0 Å². The van der Waals surface area contributed by atoms with E-state index in [0.29, 0.717) is 0 Å². The lowest BCUT2D eigenvalue weighted by Crippen LogP contribution is -1.93. The fraction of sp³-hybridized carbons (Fsp3) is 0. The van der Waals surface area contributed by atoms with Crippen LogP contribution in [0.25, 0.3) is 98.3 Å². The monoisotopic (exact) mass is 657 g/mol. The summed E-state index contributed by atoms with van der Waals surface area (Å²) in [6.07, 6.45) is 0. The molecule has 0 unspecified atom stereocenters. The summed E-state index contributed by atoms with van der Waals surface area (Å²) in [4.78, 5) is 6.06. The minimum absolute atomic E-state index is 0.860. The third-order valence-corrected chi connectivity index (χ3v) is 11.0. The van der Waals surface area contributed by atoms with E-state index in [4.69, 9.17) is 9.40 Å². The molecule has 0 aliphatic heterocycles. The van der Waals surface area contributed by atoms with Gasteiger partial charge in [0, 0.05) is 10.8 Å². The second kappa shape index (κ2) is 10.5. The van der Waals surface area contributed by atoms with Gasteiger partial charge < -0.3 is 4.42 Å². The predicted octanol–water partition coefficient (Wildman–Crippen LogP) is 12.5. The molecule has 0 aliphatic rings. The average Bonchev–Trinajstić information content (AvgIpc) is 3.92. The molecule has 11 aromatic rings. The number of fused-ring (bicyclic) bond motifs is 10. The summed E-state index contributed by atoms with van der Waals surface area (Å²) < 4.78 is 12.3. The van der Waals surface area contributed by atoms with E-state index in [1.54, 1.807) is 11.3 Å². The lowest BCUT2D eigenvalue weighted by molar-refractivity contribution is 0.645. The number of aromatic nitrogens is 3. The Kier molecular flexibility index (Phi) is 5.80. The number of hydrogen-bond donors (Lipinski definition) is 0. The van der Waals surface area contributed by atoms with E-state index < -0.39 is 0 Å². The molecular formula is C45H27N3OS. The third-order valence-electron chi connectivity index (χ3n) is 9.96. The third kappa shape index (κ3) is 4.08. The van der Waals surface area contributed by atoms with Crippen molar-refractivity contribution in [1.82, 2.24) is 14.0 Å². The summed E-state index contributed by atoms with van der Waals surface area (Å²) >= 11 is 1.73. The summed E-state index contributed by atoms with van der Waals surface area (Å²) in [7, 11) is 0. The van der Waals surface area contributed by atoms with E-state index >= 15 is 0 Å². The Labute approximate surface area is 290 Å². The summed E-state index contributed by atoms with van der Waals surface area (Å²) in [5.74, 6) is 0. The summed E-state index contributed by atoms with van der Waals surface area (Å²) in [6, 6.07) is 58.4. The highest BCUT2D eigenvalue weighted by atomic mass is 32.1. The zero-order valence-electron chi connectivity index (χ0n) is 26.7. The fourth-order valence-electron chi connectivity index (χ4n) is 7.62. The van der Waals surface area contributed by atoms with Crippen molar-refractivity contribution in [2.24, 2.45) is 0 Å². The van der Waals surface area contributed by atoms with Crippen LogP contribution >= 0.6 is 11.3 Å². The molecule has 0 N–H and O–H groups in total. The molecule has 7 aromatic carbocycles. The van der Waals surface area contributed by atoms with Crippen molar-refractivity contribution < 1.29 is 4.42 Å². The lowest BCUT2D eigenvalue weighted by atomic mass is 9.96. The zero-order valence-corrected chi connectivity index (χ0v) is 27.6. The zero-order chi connectivity index (χ0) is 32.8. The molecular weight excluding hydrogens is 631 g/mol. The Balaban J connectivity index is 1.06. The van der Waals surface area contributed by atoms with E-state index in [2.05, 4.69) is 161 Å². The normalized spacial score (nSPS) is 12.0. The van der Waals surface area contributed by atoms with Gasteiger partial charge in [-0.1, -0.05) is 121 Å². The van der Waals surface area contributed by atoms with Gasteiger partial charge in [0.1, 0.15) is 5.58 Å². The van der Waals surface area contributed by atoms with Crippen LogP contribution in [-0.4, -0.2) is 14.0 Å². The molecule has 0 saturated carbocycles. The number of rotatable bonds is 4. The van der Waals surface area contributed by atoms with E-state index in [1.165, 1.54) is 43.5 Å². The van der Waals surface area contributed by atoms with Gasteiger partial charge >= 0.3 is 0 Å². The van der Waals surface area contributed by atoms with Crippen molar-refractivity contribution in [3.05, 3.63) is 164 Å². The van der Waals surface area contributed by atoms with Gasteiger partial charge in [-0.25, -0.2) is 4.98 Å². The van der Waals surface area contributed by atoms with Crippen molar-refractivity contribution in [3.63, 3.8) is 0 Å². The van der Waals surface area contributed by atoms with Gasteiger partial charge in [-0.2, -0.15) is 0 Å². The summed E-state index contributed by atoms with van der Waals surface area (Å²) in [6.45, 7) is 0. The second-order valence-corrected chi connectivity index (χ2v) is 13.9. The van der Waals surface area contributed by atoms with Gasteiger partial charge in [-0.15, -0.1) is 0 Å². The van der Waals surface area contributed by atoms with Gasteiger partial charge in [-0.05, 0) is 88.0 Å². The van der Waals surface area contributed by atoms with Crippen LogP contribution in [0.15, 0.2) is 168 Å². The average molecular weight is 658 g/mol. The standard InChI is InChI=1S/C45H27N3OS/c1-2-10-28(11-3-1)29-12-8-13-30(24-29)31-14-9-15-32(25-31)33-20-23-42-40(26-33)48-39-27-34(21-22-37(39)46-45(48)50-42)47-38-18-6-4-16-35(38)43-36-17-5-7-19-41(36)49-44(43)47/h1-27H. The van der Waals surface area contributed by atoms with Crippen LogP contribution < -0.4 is 0 Å². The summed E-state index contributed by atoms with van der Waals surface area (Å²) in [5, 5.41) is 3.47. The highest BCUT2D eigenvalue weighted by Gasteiger charge is 2.20. The number of para-hydroxylation sites is 2. The van der Waals surface area contributed by atoms with Gasteiger partial charge in [0.25, 0.3) is 0 Å². The summed E-state index contributed by atoms with van der Waals surface area (Å²) in [5.41, 5.74) is 14.3. The van der Waals surface area contributed by atoms with Crippen molar-refractivity contribution in [1.29, 1.82) is 0 Å². The molecule has 234 valence electrons. The molecule has 0 saturated heterocycles. The maximum Gasteiger partial charge on any atom is 0.213 e. The molecule has 0 aliphatic carbocycles. The van der Waals surface area contributed by atoms with Crippen LogP contribution in [0.1, 0.15) is 0 Å². The van der Waals surface area contributed by atoms with Crippen LogP contribution in [0.3, 0.4) is 0 Å². The van der Waals surface area contributed by atoms with Crippen molar-refractivity contribution >= 4 is 70.5 Å². The molecule has 0 spiro atoms. The number of furan rings is 1. The van der Waals surface area contributed by atoms with Crippen molar-refractivity contribution in [2.45, 2.75) is 0 Å². The number of nitrogens with zero attached hydrogens (tertiary/aromatic N) is 3. The number of hydrogen-bond acceptors (Lipinski definition) is 3. The van der Waals surface area contributed by atoms with Gasteiger partial charge in [0.05, 0.1) is 37.8 Å². The smallest absolute Gasteiger partial charge is 0.213 e. The van der Waals surface area contributed by atoms with E-state index in [0.717, 1.165) is 54.8 Å². The predicted molar refractivity (Wildman–Crippen MR) is 208 cm³/mol. The molecule has 0 bridgehead atoms. The highest BCUT2D eigenvalue weighted by Crippen LogP contribution is 2.40. The van der Waals surface area contributed by atoms with E-state index in [-0.39, 0.29) is 0 Å². The Hall–Kier alpha value is -6.43. The van der Waals surface area contributed by atoms with Crippen molar-refractivity contribution in [2.75, 3.05) is 0 Å².